The number of nitrogens with one attached hydrogen (secondary N) is 3. The van der Waals surface area contributed by atoms with Gasteiger partial charge in [-0.05, 0) is 36.4 Å². The van der Waals surface area contributed by atoms with Gasteiger partial charge in [-0.1, -0.05) is 12.1 Å². The Labute approximate surface area is 155 Å². The van der Waals surface area contributed by atoms with Gasteiger partial charge in [0.15, 0.2) is 11.5 Å². The zero-order chi connectivity index (χ0) is 19.2. The molecular weight excluding hydrogens is 350 g/mol. The second-order valence-corrected chi connectivity index (χ2v) is 5.92. The quantitative estimate of drug-likeness (QED) is 0.709. The summed E-state index contributed by atoms with van der Waals surface area (Å²) in [5.41, 5.74) is 1.04. The topological polar surface area (TPSA) is 106 Å². The zero-order valence-electron chi connectivity index (χ0n) is 14.7. The number of ether oxygens (including phenoxy) is 2. The molecule has 0 radical (unpaired) electrons. The molecule has 0 bridgehead atoms. The van der Waals surface area contributed by atoms with E-state index in [0.717, 1.165) is 0 Å². The summed E-state index contributed by atoms with van der Waals surface area (Å²) in [6.45, 7) is 1.82. The van der Waals surface area contributed by atoms with Crippen molar-refractivity contribution in [2.45, 2.75) is 13.0 Å². The summed E-state index contributed by atoms with van der Waals surface area (Å²) in [5, 5.41) is 7.63. The third-order valence-electron chi connectivity index (χ3n) is 3.73. The van der Waals surface area contributed by atoms with Crippen LogP contribution < -0.4 is 25.4 Å². The van der Waals surface area contributed by atoms with Crippen molar-refractivity contribution in [1.82, 2.24) is 5.32 Å². The van der Waals surface area contributed by atoms with E-state index in [1.54, 1.807) is 36.4 Å². The van der Waals surface area contributed by atoms with Gasteiger partial charge in [-0.15, -0.1) is 0 Å². The number of amides is 3. The van der Waals surface area contributed by atoms with E-state index in [-0.39, 0.29) is 25.2 Å². The molecule has 0 aromatic heterocycles. The maximum Gasteiger partial charge on any atom is 0.313 e. The van der Waals surface area contributed by atoms with Crippen LogP contribution >= 0.6 is 0 Å². The van der Waals surface area contributed by atoms with Gasteiger partial charge in [0.25, 0.3) is 0 Å². The van der Waals surface area contributed by atoms with Crippen LogP contribution in [0.2, 0.25) is 0 Å². The average Bonchev–Trinajstić information content (AvgIpc) is 2.67. The van der Waals surface area contributed by atoms with Gasteiger partial charge in [-0.3, -0.25) is 14.4 Å². The fourth-order valence-corrected chi connectivity index (χ4v) is 2.48. The van der Waals surface area contributed by atoms with Crippen molar-refractivity contribution in [3.05, 3.63) is 48.5 Å². The van der Waals surface area contributed by atoms with Crippen molar-refractivity contribution in [3.63, 3.8) is 0 Å². The lowest BCUT2D eigenvalue weighted by atomic mass is 10.2. The van der Waals surface area contributed by atoms with E-state index in [1.165, 1.54) is 6.92 Å². The van der Waals surface area contributed by atoms with Crippen LogP contribution in [0.1, 0.15) is 6.92 Å². The molecule has 2 aromatic rings. The van der Waals surface area contributed by atoms with Crippen LogP contribution in [0.3, 0.4) is 0 Å². The van der Waals surface area contributed by atoms with Crippen molar-refractivity contribution in [2.24, 2.45) is 0 Å². The number of fused-ring (bicyclic) bond motifs is 1. The van der Waals surface area contributed by atoms with E-state index in [1.807, 2.05) is 12.1 Å². The van der Waals surface area contributed by atoms with Crippen molar-refractivity contribution in [1.29, 1.82) is 0 Å². The minimum Gasteiger partial charge on any atom is -0.486 e. The van der Waals surface area contributed by atoms with Crippen molar-refractivity contribution < 1.29 is 23.9 Å². The molecule has 1 aliphatic rings. The van der Waals surface area contributed by atoms with E-state index in [4.69, 9.17) is 9.47 Å². The Morgan fingerprint density at radius 2 is 1.56 bits per heavy atom. The first kappa shape index (κ1) is 18.2. The Morgan fingerprint density at radius 3 is 2.22 bits per heavy atom. The SMILES string of the molecule is CC(=O)Nc1ccc(NC(=O)C(=O)NCC2COc3ccccc3O2)cc1. The van der Waals surface area contributed by atoms with E-state index in [2.05, 4.69) is 16.0 Å². The molecule has 0 spiro atoms. The third-order valence-corrected chi connectivity index (χ3v) is 3.73. The van der Waals surface area contributed by atoms with Gasteiger partial charge in [-0.2, -0.15) is 0 Å². The summed E-state index contributed by atoms with van der Waals surface area (Å²) in [4.78, 5) is 34.9. The van der Waals surface area contributed by atoms with E-state index < -0.39 is 11.8 Å². The molecule has 1 heterocycles. The molecular formula is C19H19N3O5. The molecule has 2 aromatic carbocycles. The Morgan fingerprint density at radius 1 is 0.926 bits per heavy atom. The second kappa shape index (κ2) is 8.22. The fourth-order valence-electron chi connectivity index (χ4n) is 2.48. The highest BCUT2D eigenvalue weighted by Gasteiger charge is 2.22. The lowest BCUT2D eigenvalue weighted by Crippen LogP contribution is -2.44. The Bertz CT molecular complexity index is 851. The molecule has 8 nitrogen and oxygen atoms in total. The smallest absolute Gasteiger partial charge is 0.313 e. The Balaban J connectivity index is 1.47. The van der Waals surface area contributed by atoms with Gasteiger partial charge in [-0.25, -0.2) is 0 Å². The van der Waals surface area contributed by atoms with Crippen molar-refractivity contribution in [2.75, 3.05) is 23.8 Å². The molecule has 27 heavy (non-hydrogen) atoms. The monoisotopic (exact) mass is 369 g/mol. The van der Waals surface area contributed by atoms with E-state index >= 15 is 0 Å². The van der Waals surface area contributed by atoms with Crippen LogP contribution in [0.25, 0.3) is 0 Å². The molecule has 1 atom stereocenters. The maximum atomic E-state index is 12.0. The van der Waals surface area contributed by atoms with E-state index in [0.29, 0.717) is 22.9 Å². The van der Waals surface area contributed by atoms with E-state index in [9.17, 15) is 14.4 Å². The first-order valence-electron chi connectivity index (χ1n) is 8.36. The number of carbonyl (C=O) groups is 3. The normalized spacial score (nSPS) is 14.8. The zero-order valence-corrected chi connectivity index (χ0v) is 14.7. The standard InChI is InChI=1S/C19H19N3O5/c1-12(23)21-13-6-8-14(9-7-13)22-19(25)18(24)20-10-15-11-26-16-4-2-3-5-17(16)27-15/h2-9,15H,10-11H2,1H3,(H,20,24)(H,21,23)(H,22,25). The average molecular weight is 369 g/mol. The van der Waals surface area contributed by atoms with Crippen LogP contribution in [0, 0.1) is 0 Å². The highest BCUT2D eigenvalue weighted by molar-refractivity contribution is 6.39. The number of hydrogen-bond acceptors (Lipinski definition) is 5. The summed E-state index contributed by atoms with van der Waals surface area (Å²) >= 11 is 0. The molecule has 0 saturated carbocycles. The largest absolute Gasteiger partial charge is 0.486 e. The molecule has 1 aliphatic heterocycles. The second-order valence-electron chi connectivity index (χ2n) is 5.92. The Hall–Kier alpha value is -3.55. The molecule has 0 aliphatic carbocycles. The highest BCUT2D eigenvalue weighted by Crippen LogP contribution is 2.30. The highest BCUT2D eigenvalue weighted by atomic mass is 16.6. The lowest BCUT2D eigenvalue weighted by molar-refractivity contribution is -0.136. The van der Waals surface area contributed by atoms with Gasteiger partial charge in [0.1, 0.15) is 12.7 Å². The van der Waals surface area contributed by atoms with Crippen LogP contribution in [-0.4, -0.2) is 37.0 Å². The lowest BCUT2D eigenvalue weighted by Gasteiger charge is -2.26. The van der Waals surface area contributed by atoms with Crippen LogP contribution in [-0.2, 0) is 14.4 Å². The first-order valence-corrected chi connectivity index (χ1v) is 8.36. The van der Waals surface area contributed by atoms with Gasteiger partial charge in [0.2, 0.25) is 5.91 Å². The van der Waals surface area contributed by atoms with Crippen molar-refractivity contribution >= 4 is 29.1 Å². The van der Waals surface area contributed by atoms with Gasteiger partial charge < -0.3 is 25.4 Å². The molecule has 3 rings (SSSR count). The number of anilines is 2. The maximum absolute atomic E-state index is 12.0. The van der Waals surface area contributed by atoms with Gasteiger partial charge >= 0.3 is 11.8 Å². The number of rotatable bonds is 4. The van der Waals surface area contributed by atoms with Crippen LogP contribution in [0.5, 0.6) is 11.5 Å². The molecule has 0 saturated heterocycles. The fraction of sp³-hybridized carbons (Fsp3) is 0.211. The minimum absolute atomic E-state index is 0.141. The molecule has 140 valence electrons. The summed E-state index contributed by atoms with van der Waals surface area (Å²) < 4.78 is 11.3. The number of carbonyl (C=O) groups excluding carboxylic acids is 3. The number of hydrogen-bond donors (Lipinski definition) is 3. The predicted molar refractivity (Wildman–Crippen MR) is 98.7 cm³/mol. The molecule has 0 fully saturated rings. The number of para-hydroxylation sites is 2. The van der Waals surface area contributed by atoms with Crippen LogP contribution in [0.15, 0.2) is 48.5 Å². The summed E-state index contributed by atoms with van der Waals surface area (Å²) in [6, 6.07) is 13.7. The van der Waals surface area contributed by atoms with Crippen LogP contribution in [0.4, 0.5) is 11.4 Å². The molecule has 3 N–H and O–H groups in total. The summed E-state index contributed by atoms with van der Waals surface area (Å²) in [5.74, 6) is -0.502. The van der Waals surface area contributed by atoms with Gasteiger partial charge in [0, 0.05) is 18.3 Å². The third kappa shape index (κ3) is 4.97. The van der Waals surface area contributed by atoms with Gasteiger partial charge in [0.05, 0.1) is 6.54 Å². The first-order chi connectivity index (χ1) is 13.0. The Kier molecular flexibility index (Phi) is 5.55. The van der Waals surface area contributed by atoms with Crippen molar-refractivity contribution in [3.8, 4) is 11.5 Å². The molecule has 3 amide bonds. The summed E-state index contributed by atoms with van der Waals surface area (Å²) in [6.07, 6.45) is -0.381. The molecule has 1 unspecified atom stereocenters. The predicted octanol–water partition coefficient (Wildman–Crippen LogP) is 1.54. The molecule has 8 heteroatoms. The minimum atomic E-state index is -0.792. The number of benzene rings is 2. The summed E-state index contributed by atoms with van der Waals surface area (Å²) in [7, 11) is 0.